The van der Waals surface area contributed by atoms with E-state index < -0.39 is 0 Å². The van der Waals surface area contributed by atoms with Crippen molar-refractivity contribution in [3.05, 3.63) is 83.8 Å². The van der Waals surface area contributed by atoms with E-state index in [-0.39, 0.29) is 0 Å². The number of hydrogen-bond donors (Lipinski definition) is 0. The number of hydrogen-bond acceptors (Lipinski definition) is 1. The Morgan fingerprint density at radius 1 is 0.929 bits per heavy atom. The molecule has 0 saturated carbocycles. The van der Waals surface area contributed by atoms with E-state index in [0.717, 1.165) is 5.56 Å². The number of aromatic nitrogens is 2. The topological polar surface area (TPSA) is 16.8 Å². The zero-order valence-electron chi connectivity index (χ0n) is 17.3. The Bertz CT molecular complexity index is 1160. The zero-order valence-corrected chi connectivity index (χ0v) is 17.3. The average Bonchev–Trinajstić information content (AvgIpc) is 2.70. The number of rotatable bonds is 3. The van der Waals surface area contributed by atoms with Crippen LogP contribution in [0.15, 0.2) is 67.1 Å². The summed E-state index contributed by atoms with van der Waals surface area (Å²) in [6.45, 7) is 8.97. The van der Waals surface area contributed by atoms with Gasteiger partial charge in [-0.15, -0.1) is 0 Å². The van der Waals surface area contributed by atoms with E-state index in [0.29, 0.717) is 5.92 Å². The van der Waals surface area contributed by atoms with Crippen LogP contribution in [0.25, 0.3) is 33.2 Å². The molecule has 0 spiro atoms. The molecule has 2 nitrogen and oxygen atoms in total. The molecule has 2 aromatic heterocycles. The second-order valence-electron chi connectivity index (χ2n) is 7.98. The van der Waals surface area contributed by atoms with Crippen LogP contribution in [-0.4, -0.2) is 4.98 Å². The SMILES string of the molecule is Cc1cc(C(C)C)cc(-c2c3ccc(-c4cccnc4)cc3cc[n+]2C)c1C. The number of nitrogens with zero attached hydrogens (tertiary/aromatic N) is 2. The molecule has 4 rings (SSSR count). The van der Waals surface area contributed by atoms with Crippen LogP contribution in [0.2, 0.25) is 0 Å². The van der Waals surface area contributed by atoms with Gasteiger partial charge in [0, 0.05) is 24.0 Å². The Labute approximate surface area is 167 Å². The number of fused-ring (bicyclic) bond motifs is 1. The summed E-state index contributed by atoms with van der Waals surface area (Å²) in [6, 6.07) is 17.7. The van der Waals surface area contributed by atoms with Crippen molar-refractivity contribution >= 4 is 10.8 Å². The predicted molar refractivity (Wildman–Crippen MR) is 117 cm³/mol. The summed E-state index contributed by atoms with van der Waals surface area (Å²) >= 11 is 0. The quantitative estimate of drug-likeness (QED) is 0.398. The second kappa shape index (κ2) is 7.20. The highest BCUT2D eigenvalue weighted by molar-refractivity contribution is 5.96. The van der Waals surface area contributed by atoms with E-state index in [9.17, 15) is 0 Å². The second-order valence-corrected chi connectivity index (χ2v) is 7.98. The molecular formula is C26H27N2+. The Kier molecular flexibility index (Phi) is 4.72. The van der Waals surface area contributed by atoms with Crippen LogP contribution in [0.5, 0.6) is 0 Å². The number of benzene rings is 2. The van der Waals surface area contributed by atoms with Crippen molar-refractivity contribution in [1.82, 2.24) is 4.98 Å². The van der Waals surface area contributed by atoms with Gasteiger partial charge >= 0.3 is 0 Å². The lowest BCUT2D eigenvalue weighted by atomic mass is 9.90. The normalized spacial score (nSPS) is 11.4. The molecule has 0 aliphatic heterocycles. The van der Waals surface area contributed by atoms with E-state index in [4.69, 9.17) is 0 Å². The van der Waals surface area contributed by atoms with Crippen molar-refractivity contribution in [3.8, 4) is 22.4 Å². The van der Waals surface area contributed by atoms with Gasteiger partial charge < -0.3 is 0 Å². The number of pyridine rings is 2. The van der Waals surface area contributed by atoms with Gasteiger partial charge in [-0.2, -0.15) is 0 Å². The zero-order chi connectivity index (χ0) is 19.8. The van der Waals surface area contributed by atoms with Crippen molar-refractivity contribution in [1.29, 1.82) is 0 Å². The highest BCUT2D eigenvalue weighted by Gasteiger charge is 2.19. The van der Waals surface area contributed by atoms with Crippen LogP contribution >= 0.6 is 0 Å². The van der Waals surface area contributed by atoms with Crippen LogP contribution in [0.3, 0.4) is 0 Å². The van der Waals surface area contributed by atoms with Crippen molar-refractivity contribution in [2.75, 3.05) is 0 Å². The first-order valence-electron chi connectivity index (χ1n) is 9.90. The molecule has 4 aromatic rings. The molecule has 2 heteroatoms. The van der Waals surface area contributed by atoms with E-state index in [1.165, 1.54) is 44.3 Å². The molecule has 0 atom stereocenters. The summed E-state index contributed by atoms with van der Waals surface area (Å²) in [7, 11) is 2.14. The highest BCUT2D eigenvalue weighted by Crippen LogP contribution is 2.33. The van der Waals surface area contributed by atoms with Crippen LogP contribution in [0.4, 0.5) is 0 Å². The Balaban J connectivity index is 1.97. The molecule has 28 heavy (non-hydrogen) atoms. The summed E-state index contributed by atoms with van der Waals surface area (Å²) in [5.41, 5.74) is 9.04. The van der Waals surface area contributed by atoms with E-state index >= 15 is 0 Å². The van der Waals surface area contributed by atoms with Gasteiger partial charge in [-0.1, -0.05) is 32.0 Å². The molecule has 0 unspecified atom stereocenters. The molecule has 0 radical (unpaired) electrons. The van der Waals surface area contributed by atoms with Gasteiger partial charge in [0.1, 0.15) is 7.05 Å². The van der Waals surface area contributed by atoms with Gasteiger partial charge in [-0.05, 0) is 71.7 Å². The van der Waals surface area contributed by atoms with Crippen LogP contribution in [0.1, 0.15) is 36.5 Å². The maximum absolute atomic E-state index is 4.26. The molecular weight excluding hydrogens is 340 g/mol. The lowest BCUT2D eigenvalue weighted by Gasteiger charge is -2.15. The summed E-state index contributed by atoms with van der Waals surface area (Å²) in [5.74, 6) is 0.510. The Hall–Kier alpha value is -3.00. The van der Waals surface area contributed by atoms with Crippen molar-refractivity contribution in [2.45, 2.75) is 33.6 Å². The largest absolute Gasteiger partial charge is 0.264 e. The summed E-state index contributed by atoms with van der Waals surface area (Å²) in [5, 5.41) is 2.53. The predicted octanol–water partition coefficient (Wildman–Crippen LogP) is 6.13. The summed E-state index contributed by atoms with van der Waals surface area (Å²) in [6.07, 6.45) is 5.90. The molecule has 0 aliphatic rings. The first-order chi connectivity index (χ1) is 13.5. The minimum Gasteiger partial charge on any atom is -0.264 e. The molecule has 0 N–H and O–H groups in total. The van der Waals surface area contributed by atoms with Crippen LogP contribution in [-0.2, 0) is 7.05 Å². The van der Waals surface area contributed by atoms with Crippen LogP contribution in [0, 0.1) is 13.8 Å². The first-order valence-corrected chi connectivity index (χ1v) is 9.90. The van der Waals surface area contributed by atoms with Crippen molar-refractivity contribution in [2.24, 2.45) is 7.05 Å². The third-order valence-corrected chi connectivity index (χ3v) is 5.74. The van der Waals surface area contributed by atoms with E-state index in [1.54, 1.807) is 0 Å². The fourth-order valence-electron chi connectivity index (χ4n) is 3.89. The van der Waals surface area contributed by atoms with Gasteiger partial charge in [0.2, 0.25) is 5.69 Å². The van der Waals surface area contributed by atoms with Gasteiger partial charge in [-0.25, -0.2) is 4.57 Å². The third kappa shape index (κ3) is 3.20. The fraction of sp³-hybridized carbons (Fsp3) is 0.231. The van der Waals surface area contributed by atoms with Crippen molar-refractivity contribution in [3.63, 3.8) is 0 Å². The minimum absolute atomic E-state index is 0.510. The van der Waals surface area contributed by atoms with Gasteiger partial charge in [0.05, 0.1) is 10.9 Å². The van der Waals surface area contributed by atoms with Gasteiger partial charge in [0.25, 0.3) is 0 Å². The van der Waals surface area contributed by atoms with Gasteiger partial charge in [-0.3, -0.25) is 4.98 Å². The highest BCUT2D eigenvalue weighted by atomic mass is 14.9. The third-order valence-electron chi connectivity index (χ3n) is 5.74. The molecule has 140 valence electrons. The summed E-state index contributed by atoms with van der Waals surface area (Å²) < 4.78 is 2.25. The smallest absolute Gasteiger partial charge is 0.220 e. The average molecular weight is 368 g/mol. The number of aryl methyl sites for hydroxylation is 2. The monoisotopic (exact) mass is 367 g/mol. The molecule has 0 aliphatic carbocycles. The van der Waals surface area contributed by atoms with E-state index in [2.05, 4.69) is 93.0 Å². The molecule has 0 fully saturated rings. The standard InChI is InChI=1S/C26H27N2/c1-17(2)23-13-18(3)19(4)25(15-23)26-24-9-8-20(22-7-6-11-27-16-22)14-21(24)10-12-28(26)5/h6-17H,1-5H3/q+1. The van der Waals surface area contributed by atoms with Crippen LogP contribution < -0.4 is 4.57 Å². The maximum atomic E-state index is 4.26. The van der Waals surface area contributed by atoms with Gasteiger partial charge in [0.15, 0.2) is 6.20 Å². The Morgan fingerprint density at radius 3 is 2.46 bits per heavy atom. The summed E-state index contributed by atoms with van der Waals surface area (Å²) in [4.78, 5) is 4.26. The minimum atomic E-state index is 0.510. The van der Waals surface area contributed by atoms with Crippen molar-refractivity contribution < 1.29 is 4.57 Å². The fourth-order valence-corrected chi connectivity index (χ4v) is 3.89. The molecule has 2 aromatic carbocycles. The Morgan fingerprint density at radius 2 is 1.75 bits per heavy atom. The molecule has 0 amide bonds. The lowest BCUT2D eigenvalue weighted by molar-refractivity contribution is -0.659. The first kappa shape index (κ1) is 18.4. The lowest BCUT2D eigenvalue weighted by Crippen LogP contribution is -2.30. The van der Waals surface area contributed by atoms with E-state index in [1.807, 2.05) is 18.5 Å². The maximum Gasteiger partial charge on any atom is 0.220 e. The molecule has 0 saturated heterocycles. The molecule has 2 heterocycles. The molecule has 0 bridgehead atoms.